The van der Waals surface area contributed by atoms with Crippen LogP contribution in [0.1, 0.15) is 25.1 Å². The molecule has 0 heterocycles. The second-order valence-corrected chi connectivity index (χ2v) is 3.31. The van der Waals surface area contributed by atoms with E-state index in [1.807, 2.05) is 12.1 Å². The molecular formula is C11H17FN2. The van der Waals surface area contributed by atoms with Crippen molar-refractivity contribution >= 4 is 5.69 Å². The fourth-order valence-electron chi connectivity index (χ4n) is 1.20. The van der Waals surface area contributed by atoms with Gasteiger partial charge in [-0.3, -0.25) is 0 Å². The van der Waals surface area contributed by atoms with Gasteiger partial charge in [-0.1, -0.05) is 12.1 Å². The summed E-state index contributed by atoms with van der Waals surface area (Å²) in [5.74, 6) is 0. The zero-order chi connectivity index (χ0) is 10.4. The third-order valence-corrected chi connectivity index (χ3v) is 2.08. The van der Waals surface area contributed by atoms with Crippen LogP contribution >= 0.6 is 0 Å². The van der Waals surface area contributed by atoms with Gasteiger partial charge in [0.1, 0.15) is 6.17 Å². The lowest BCUT2D eigenvalue weighted by molar-refractivity contribution is 0.374. The number of nitrogens with one attached hydrogen (secondary N) is 1. The number of anilines is 1. The lowest BCUT2D eigenvalue weighted by Gasteiger charge is -2.07. The number of rotatable bonds is 5. The molecule has 2 nitrogen and oxygen atoms in total. The molecule has 0 saturated heterocycles. The van der Waals surface area contributed by atoms with Crippen molar-refractivity contribution in [2.75, 3.05) is 18.4 Å². The summed E-state index contributed by atoms with van der Waals surface area (Å²) >= 11 is 0. The highest BCUT2D eigenvalue weighted by molar-refractivity contribution is 5.44. The minimum absolute atomic E-state index is 0.687. The monoisotopic (exact) mass is 196 g/mol. The Morgan fingerprint density at radius 3 is 2.50 bits per heavy atom. The smallest absolute Gasteiger partial charge is 0.122 e. The Morgan fingerprint density at radius 2 is 2.00 bits per heavy atom. The Kier molecular flexibility index (Phi) is 4.40. The van der Waals surface area contributed by atoms with Gasteiger partial charge in [0.15, 0.2) is 0 Å². The van der Waals surface area contributed by atoms with E-state index in [4.69, 9.17) is 5.73 Å². The summed E-state index contributed by atoms with van der Waals surface area (Å²) in [4.78, 5) is 0. The fraction of sp³-hybridized carbons (Fsp3) is 0.455. The maximum absolute atomic E-state index is 12.8. The van der Waals surface area contributed by atoms with Crippen molar-refractivity contribution in [1.29, 1.82) is 0 Å². The molecule has 0 fully saturated rings. The van der Waals surface area contributed by atoms with Crippen LogP contribution in [-0.4, -0.2) is 13.1 Å². The van der Waals surface area contributed by atoms with Crippen LogP contribution in [0.2, 0.25) is 0 Å². The van der Waals surface area contributed by atoms with Crippen molar-refractivity contribution in [2.45, 2.75) is 19.5 Å². The lowest BCUT2D eigenvalue weighted by Crippen LogP contribution is -2.08. The summed E-state index contributed by atoms with van der Waals surface area (Å²) in [7, 11) is 0. The number of alkyl halides is 1. The van der Waals surface area contributed by atoms with Crippen molar-refractivity contribution in [3.05, 3.63) is 29.8 Å². The molecule has 3 heteroatoms. The largest absolute Gasteiger partial charge is 0.385 e. The molecule has 1 atom stereocenters. The van der Waals surface area contributed by atoms with E-state index in [0.29, 0.717) is 6.54 Å². The minimum atomic E-state index is -0.895. The van der Waals surface area contributed by atoms with Crippen molar-refractivity contribution in [1.82, 2.24) is 0 Å². The molecule has 0 aromatic heterocycles. The number of benzene rings is 1. The summed E-state index contributed by atoms with van der Waals surface area (Å²) in [5, 5.41) is 3.21. The number of nitrogens with two attached hydrogens (primary N) is 1. The van der Waals surface area contributed by atoms with Gasteiger partial charge in [0.25, 0.3) is 0 Å². The van der Waals surface area contributed by atoms with E-state index in [0.717, 1.165) is 24.2 Å². The molecule has 14 heavy (non-hydrogen) atoms. The van der Waals surface area contributed by atoms with Crippen LogP contribution in [0, 0.1) is 0 Å². The van der Waals surface area contributed by atoms with Gasteiger partial charge in [-0.25, -0.2) is 4.39 Å². The first kappa shape index (κ1) is 11.0. The van der Waals surface area contributed by atoms with Crippen molar-refractivity contribution in [2.24, 2.45) is 5.73 Å². The summed E-state index contributed by atoms with van der Waals surface area (Å²) in [6.07, 6.45) is 0.0504. The van der Waals surface area contributed by atoms with Crippen LogP contribution in [0.25, 0.3) is 0 Å². The average molecular weight is 196 g/mol. The van der Waals surface area contributed by atoms with Gasteiger partial charge in [0, 0.05) is 12.2 Å². The molecule has 0 radical (unpaired) electrons. The molecule has 1 unspecified atom stereocenters. The fourth-order valence-corrected chi connectivity index (χ4v) is 1.20. The molecular weight excluding hydrogens is 179 g/mol. The van der Waals surface area contributed by atoms with Crippen LogP contribution in [0.15, 0.2) is 24.3 Å². The molecule has 78 valence electrons. The predicted octanol–water partition coefficient (Wildman–Crippen LogP) is 2.48. The maximum Gasteiger partial charge on any atom is 0.122 e. The van der Waals surface area contributed by atoms with Crippen LogP contribution in [0.5, 0.6) is 0 Å². The quantitative estimate of drug-likeness (QED) is 0.710. The molecule has 0 saturated carbocycles. The van der Waals surface area contributed by atoms with Gasteiger partial charge in [-0.2, -0.15) is 0 Å². The molecule has 1 rings (SSSR count). The Labute approximate surface area is 84.3 Å². The Bertz CT molecular complexity index is 256. The third kappa shape index (κ3) is 3.34. The highest BCUT2D eigenvalue weighted by atomic mass is 19.1. The molecule has 0 spiro atoms. The van der Waals surface area contributed by atoms with E-state index in [2.05, 4.69) is 5.32 Å². The van der Waals surface area contributed by atoms with Gasteiger partial charge in [0.05, 0.1) is 0 Å². The summed E-state index contributed by atoms with van der Waals surface area (Å²) in [6, 6.07) is 7.38. The van der Waals surface area contributed by atoms with Crippen LogP contribution in [0.4, 0.5) is 10.1 Å². The Balaban J connectivity index is 2.47. The van der Waals surface area contributed by atoms with Crippen LogP contribution < -0.4 is 11.1 Å². The van der Waals surface area contributed by atoms with Crippen LogP contribution in [0.3, 0.4) is 0 Å². The minimum Gasteiger partial charge on any atom is -0.385 e. The lowest BCUT2D eigenvalue weighted by atomic mass is 10.1. The molecule has 0 aliphatic carbocycles. The standard InChI is InChI=1S/C11H17FN2/c1-9(12)10-3-5-11(6-4-10)14-8-2-7-13/h3-6,9,14H,2,7-8,13H2,1H3. The zero-order valence-electron chi connectivity index (χ0n) is 8.46. The van der Waals surface area contributed by atoms with Gasteiger partial charge in [0.2, 0.25) is 0 Å². The summed E-state index contributed by atoms with van der Waals surface area (Å²) in [5.41, 5.74) is 7.10. The zero-order valence-corrected chi connectivity index (χ0v) is 8.46. The Hall–Kier alpha value is -1.09. The first-order chi connectivity index (χ1) is 6.74. The third-order valence-electron chi connectivity index (χ3n) is 2.08. The van der Waals surface area contributed by atoms with Crippen molar-refractivity contribution < 1.29 is 4.39 Å². The predicted molar refractivity (Wildman–Crippen MR) is 58.1 cm³/mol. The molecule has 0 aliphatic rings. The highest BCUT2D eigenvalue weighted by Crippen LogP contribution is 2.18. The second kappa shape index (κ2) is 5.60. The first-order valence-corrected chi connectivity index (χ1v) is 4.92. The van der Waals surface area contributed by atoms with Crippen LogP contribution in [-0.2, 0) is 0 Å². The van der Waals surface area contributed by atoms with E-state index in [-0.39, 0.29) is 0 Å². The first-order valence-electron chi connectivity index (χ1n) is 4.92. The molecule has 0 aliphatic heterocycles. The number of hydrogen-bond donors (Lipinski definition) is 2. The van der Waals surface area contributed by atoms with Gasteiger partial charge in [-0.05, 0) is 37.6 Å². The van der Waals surface area contributed by atoms with E-state index < -0.39 is 6.17 Å². The summed E-state index contributed by atoms with van der Waals surface area (Å²) < 4.78 is 12.8. The molecule has 0 bridgehead atoms. The van der Waals surface area contributed by atoms with Gasteiger partial charge >= 0.3 is 0 Å². The Morgan fingerprint density at radius 1 is 1.36 bits per heavy atom. The molecule has 0 amide bonds. The normalized spacial score (nSPS) is 12.5. The van der Waals surface area contributed by atoms with Crippen molar-refractivity contribution in [3.63, 3.8) is 0 Å². The topological polar surface area (TPSA) is 38.0 Å². The second-order valence-electron chi connectivity index (χ2n) is 3.31. The number of halogens is 1. The average Bonchev–Trinajstić information content (AvgIpc) is 2.19. The van der Waals surface area contributed by atoms with Gasteiger partial charge < -0.3 is 11.1 Å². The maximum atomic E-state index is 12.8. The molecule has 3 N–H and O–H groups in total. The van der Waals surface area contributed by atoms with Crippen molar-refractivity contribution in [3.8, 4) is 0 Å². The van der Waals surface area contributed by atoms with E-state index >= 15 is 0 Å². The SMILES string of the molecule is CC(F)c1ccc(NCCCN)cc1. The molecule has 1 aromatic rings. The number of hydrogen-bond acceptors (Lipinski definition) is 2. The molecule has 1 aromatic carbocycles. The van der Waals surface area contributed by atoms with Gasteiger partial charge in [-0.15, -0.1) is 0 Å². The summed E-state index contributed by atoms with van der Waals surface area (Å²) in [6.45, 7) is 3.09. The van der Waals surface area contributed by atoms with E-state index in [1.54, 1.807) is 12.1 Å². The van der Waals surface area contributed by atoms with E-state index in [1.165, 1.54) is 6.92 Å². The van der Waals surface area contributed by atoms with E-state index in [9.17, 15) is 4.39 Å². The highest BCUT2D eigenvalue weighted by Gasteiger charge is 2.01.